The van der Waals surface area contributed by atoms with E-state index in [9.17, 15) is 4.79 Å². The molecule has 1 aromatic heterocycles. The zero-order chi connectivity index (χ0) is 22.6. The van der Waals surface area contributed by atoms with Crippen molar-refractivity contribution in [2.24, 2.45) is 4.99 Å². The van der Waals surface area contributed by atoms with Crippen molar-refractivity contribution in [3.8, 4) is 0 Å². The normalized spacial score (nSPS) is 15.7. The fraction of sp³-hybridized carbons (Fsp3) is 0.357. The van der Waals surface area contributed by atoms with Gasteiger partial charge in [0.2, 0.25) is 0 Å². The third kappa shape index (κ3) is 4.88. The summed E-state index contributed by atoms with van der Waals surface area (Å²) in [5, 5.41) is 3.97. The summed E-state index contributed by atoms with van der Waals surface area (Å²) in [5.74, 6) is -0.00837. The molecular formula is C28H31N3OS. The third-order valence-electron chi connectivity index (χ3n) is 6.67. The van der Waals surface area contributed by atoms with Gasteiger partial charge in [0.15, 0.2) is 0 Å². The lowest BCUT2D eigenvalue weighted by atomic mass is 9.95. The number of rotatable bonds is 6. The summed E-state index contributed by atoms with van der Waals surface area (Å²) >= 11 is 1.69. The number of fused-ring (bicyclic) bond motifs is 1. The van der Waals surface area contributed by atoms with E-state index in [1.54, 1.807) is 11.3 Å². The van der Waals surface area contributed by atoms with Crippen LogP contribution in [0.3, 0.4) is 0 Å². The zero-order valence-corrected chi connectivity index (χ0v) is 20.1. The number of carbonyl (C=O) groups excluding carboxylic acids is 1. The number of carbonyl (C=O) groups is 1. The Morgan fingerprint density at radius 2 is 1.85 bits per heavy atom. The SMILES string of the molecule is Cc1cc(C=Nc2sc3c(c2C(=O)NCc2ccccc2)CCCC3)ccc1N1CCCC1. The van der Waals surface area contributed by atoms with Gasteiger partial charge < -0.3 is 10.2 Å². The first-order chi connectivity index (χ1) is 16.2. The summed E-state index contributed by atoms with van der Waals surface area (Å²) in [6, 6.07) is 16.6. The number of aryl methyl sites for hydroxylation is 2. The minimum Gasteiger partial charge on any atom is -0.371 e. The van der Waals surface area contributed by atoms with Gasteiger partial charge in [-0.15, -0.1) is 11.3 Å². The maximum atomic E-state index is 13.2. The molecule has 2 aromatic carbocycles. The van der Waals surface area contributed by atoms with Crippen LogP contribution in [0.5, 0.6) is 0 Å². The summed E-state index contributed by atoms with van der Waals surface area (Å²) in [4.78, 5) is 21.9. The standard InChI is InChI=1S/C28H31N3OS/c1-20-17-22(13-14-24(20)31-15-7-8-16-31)19-30-28-26(23-11-5-6-12-25(23)33-28)27(32)29-18-21-9-3-2-4-10-21/h2-4,9-10,13-14,17,19H,5-8,11-12,15-16,18H2,1H3,(H,29,32). The molecule has 1 fully saturated rings. The van der Waals surface area contributed by atoms with E-state index >= 15 is 0 Å². The molecule has 0 spiro atoms. The van der Waals surface area contributed by atoms with Crippen LogP contribution in [0.4, 0.5) is 10.7 Å². The highest BCUT2D eigenvalue weighted by atomic mass is 32.1. The molecular weight excluding hydrogens is 426 g/mol. The van der Waals surface area contributed by atoms with E-state index in [0.29, 0.717) is 6.54 Å². The van der Waals surface area contributed by atoms with Crippen molar-refractivity contribution in [1.82, 2.24) is 5.32 Å². The van der Waals surface area contributed by atoms with Crippen molar-refractivity contribution in [3.05, 3.63) is 81.2 Å². The van der Waals surface area contributed by atoms with E-state index in [4.69, 9.17) is 4.99 Å². The Bertz CT molecular complexity index is 1160. The molecule has 33 heavy (non-hydrogen) atoms. The highest BCUT2D eigenvalue weighted by Gasteiger charge is 2.25. The second-order valence-corrected chi connectivity index (χ2v) is 10.1. The average Bonchev–Trinajstić information content (AvgIpc) is 3.50. The number of hydrogen-bond donors (Lipinski definition) is 1. The molecule has 5 heteroatoms. The van der Waals surface area contributed by atoms with E-state index in [1.165, 1.54) is 41.0 Å². The number of hydrogen-bond acceptors (Lipinski definition) is 4. The van der Waals surface area contributed by atoms with Gasteiger partial charge >= 0.3 is 0 Å². The molecule has 1 aliphatic carbocycles. The van der Waals surface area contributed by atoms with Gasteiger partial charge in [0, 0.05) is 36.4 Å². The minimum atomic E-state index is -0.00837. The highest BCUT2D eigenvalue weighted by Crippen LogP contribution is 2.40. The summed E-state index contributed by atoms with van der Waals surface area (Å²) in [7, 11) is 0. The van der Waals surface area contributed by atoms with E-state index in [0.717, 1.165) is 54.0 Å². The molecule has 0 saturated carbocycles. The monoisotopic (exact) mass is 457 g/mol. The Kier molecular flexibility index (Phi) is 6.58. The maximum Gasteiger partial charge on any atom is 0.254 e. The first-order valence-corrected chi connectivity index (χ1v) is 12.9. The molecule has 1 aliphatic heterocycles. The van der Waals surface area contributed by atoms with Crippen LogP contribution < -0.4 is 10.2 Å². The molecule has 1 saturated heterocycles. The van der Waals surface area contributed by atoms with Crippen LogP contribution in [0, 0.1) is 6.92 Å². The van der Waals surface area contributed by atoms with Gasteiger partial charge in [-0.3, -0.25) is 4.79 Å². The molecule has 0 bridgehead atoms. The number of anilines is 1. The fourth-order valence-corrected chi connectivity index (χ4v) is 6.18. The fourth-order valence-electron chi connectivity index (χ4n) is 4.95. The Labute approximate surface area is 200 Å². The van der Waals surface area contributed by atoms with Crippen molar-refractivity contribution in [2.45, 2.75) is 52.0 Å². The molecule has 0 atom stereocenters. The summed E-state index contributed by atoms with van der Waals surface area (Å²) < 4.78 is 0. The van der Waals surface area contributed by atoms with E-state index in [2.05, 4.69) is 35.3 Å². The Morgan fingerprint density at radius 1 is 1.06 bits per heavy atom. The lowest BCUT2D eigenvalue weighted by molar-refractivity contribution is 0.0951. The van der Waals surface area contributed by atoms with Gasteiger partial charge in [-0.25, -0.2) is 4.99 Å². The predicted octanol–water partition coefficient (Wildman–Crippen LogP) is 6.22. The molecule has 2 aliphatic rings. The summed E-state index contributed by atoms with van der Waals surface area (Å²) in [6.45, 7) is 5.01. The van der Waals surface area contributed by atoms with Crippen molar-refractivity contribution in [3.63, 3.8) is 0 Å². The number of thiophene rings is 1. The van der Waals surface area contributed by atoms with Crippen molar-refractivity contribution in [1.29, 1.82) is 0 Å². The number of nitrogens with one attached hydrogen (secondary N) is 1. The molecule has 0 radical (unpaired) electrons. The Balaban J connectivity index is 1.38. The van der Waals surface area contributed by atoms with Gasteiger partial charge in [-0.2, -0.15) is 0 Å². The lowest BCUT2D eigenvalue weighted by Gasteiger charge is -2.20. The van der Waals surface area contributed by atoms with Crippen LogP contribution in [0.2, 0.25) is 0 Å². The van der Waals surface area contributed by atoms with Gasteiger partial charge in [-0.1, -0.05) is 36.4 Å². The average molecular weight is 458 g/mol. The molecule has 1 amide bonds. The van der Waals surface area contributed by atoms with Crippen LogP contribution in [-0.4, -0.2) is 25.2 Å². The topological polar surface area (TPSA) is 44.7 Å². The first-order valence-electron chi connectivity index (χ1n) is 12.1. The molecule has 4 nitrogen and oxygen atoms in total. The minimum absolute atomic E-state index is 0.00837. The molecule has 3 aromatic rings. The lowest BCUT2D eigenvalue weighted by Crippen LogP contribution is -2.24. The molecule has 2 heterocycles. The van der Waals surface area contributed by atoms with Crippen molar-refractivity contribution < 1.29 is 4.79 Å². The van der Waals surface area contributed by atoms with E-state index in [-0.39, 0.29) is 5.91 Å². The maximum absolute atomic E-state index is 13.2. The number of amides is 1. The molecule has 5 rings (SSSR count). The van der Waals surface area contributed by atoms with Gasteiger partial charge in [0.1, 0.15) is 5.00 Å². The first kappa shape index (κ1) is 21.9. The predicted molar refractivity (Wildman–Crippen MR) is 138 cm³/mol. The summed E-state index contributed by atoms with van der Waals surface area (Å²) in [5.41, 5.74) is 6.80. The van der Waals surface area contributed by atoms with Gasteiger partial charge in [-0.05, 0) is 79.8 Å². The van der Waals surface area contributed by atoms with E-state index < -0.39 is 0 Å². The van der Waals surface area contributed by atoms with Gasteiger partial charge in [0.25, 0.3) is 5.91 Å². The van der Waals surface area contributed by atoms with Crippen LogP contribution >= 0.6 is 11.3 Å². The van der Waals surface area contributed by atoms with Crippen LogP contribution in [-0.2, 0) is 19.4 Å². The highest BCUT2D eigenvalue weighted by molar-refractivity contribution is 7.16. The number of aliphatic imine (C=N–C) groups is 1. The zero-order valence-electron chi connectivity index (χ0n) is 19.3. The van der Waals surface area contributed by atoms with Crippen LogP contribution in [0.25, 0.3) is 0 Å². The quantitative estimate of drug-likeness (QED) is 0.447. The smallest absolute Gasteiger partial charge is 0.254 e. The van der Waals surface area contributed by atoms with Gasteiger partial charge in [0.05, 0.1) is 5.56 Å². The Morgan fingerprint density at radius 3 is 2.64 bits per heavy atom. The Hall–Kier alpha value is -2.92. The molecule has 0 unspecified atom stereocenters. The summed E-state index contributed by atoms with van der Waals surface area (Å²) in [6.07, 6.45) is 8.84. The van der Waals surface area contributed by atoms with Crippen LogP contribution in [0.1, 0.15) is 63.2 Å². The molecule has 170 valence electrons. The number of benzene rings is 2. The third-order valence-corrected chi connectivity index (χ3v) is 7.87. The largest absolute Gasteiger partial charge is 0.371 e. The van der Waals surface area contributed by atoms with E-state index in [1.807, 2.05) is 36.5 Å². The van der Waals surface area contributed by atoms with Crippen LogP contribution in [0.15, 0.2) is 53.5 Å². The van der Waals surface area contributed by atoms with Crippen molar-refractivity contribution >= 4 is 34.1 Å². The second kappa shape index (κ2) is 9.92. The number of nitrogens with zero attached hydrogens (tertiary/aromatic N) is 2. The second-order valence-electron chi connectivity index (χ2n) is 9.06. The van der Waals surface area contributed by atoms with Crippen molar-refractivity contribution in [2.75, 3.05) is 18.0 Å². The molecule has 1 N–H and O–H groups in total.